The van der Waals surface area contributed by atoms with Gasteiger partial charge in [0.1, 0.15) is 5.75 Å². The van der Waals surface area contributed by atoms with Gasteiger partial charge in [0.05, 0.1) is 12.3 Å². The van der Waals surface area contributed by atoms with Crippen LogP contribution in [-0.4, -0.2) is 22.9 Å². The van der Waals surface area contributed by atoms with E-state index in [-0.39, 0.29) is 0 Å². The highest BCUT2D eigenvalue weighted by Gasteiger charge is 2.20. The van der Waals surface area contributed by atoms with Crippen molar-refractivity contribution in [1.82, 2.24) is 15.1 Å². The molecule has 0 spiro atoms. The summed E-state index contributed by atoms with van der Waals surface area (Å²) in [4.78, 5) is 0. The lowest BCUT2D eigenvalue weighted by Gasteiger charge is -2.26. The topological polar surface area (TPSA) is 39.1 Å². The molecule has 1 aromatic carbocycles. The predicted octanol–water partition coefficient (Wildman–Crippen LogP) is 2.08. The molecule has 3 rings (SSSR count). The average Bonchev–Trinajstić information content (AvgIpc) is 2.85. The van der Waals surface area contributed by atoms with Gasteiger partial charge in [-0.05, 0) is 24.1 Å². The van der Waals surface area contributed by atoms with Gasteiger partial charge in [-0.2, -0.15) is 5.10 Å². The largest absolute Gasteiger partial charge is 0.493 e. The summed E-state index contributed by atoms with van der Waals surface area (Å²) in [6.07, 6.45) is 2.91. The van der Waals surface area contributed by atoms with Crippen molar-refractivity contribution in [1.29, 1.82) is 0 Å². The Balaban J connectivity index is 1.61. The molecule has 1 atom stereocenters. The highest BCUT2D eigenvalue weighted by atomic mass is 16.5. The number of hydrogen-bond donors (Lipinski definition) is 1. The molecule has 1 N–H and O–H groups in total. The van der Waals surface area contributed by atoms with Crippen LogP contribution in [0.5, 0.6) is 5.75 Å². The molecule has 0 saturated heterocycles. The number of nitrogens with one attached hydrogen (secondary N) is 1. The van der Waals surface area contributed by atoms with Crippen LogP contribution >= 0.6 is 0 Å². The van der Waals surface area contributed by atoms with Crippen LogP contribution in [0, 0.1) is 0 Å². The molecule has 0 radical (unpaired) electrons. The maximum absolute atomic E-state index is 5.68. The molecule has 0 bridgehead atoms. The average molecular weight is 257 g/mol. The quantitative estimate of drug-likeness (QED) is 0.911. The summed E-state index contributed by atoms with van der Waals surface area (Å²) in [7, 11) is 1.97. The molecule has 0 fully saturated rings. The Bertz CT molecular complexity index is 550. The first-order chi connectivity index (χ1) is 9.34. The molecule has 1 unspecified atom stereocenters. The number of hydrogen-bond acceptors (Lipinski definition) is 3. The van der Waals surface area contributed by atoms with E-state index in [1.165, 1.54) is 11.3 Å². The summed E-state index contributed by atoms with van der Waals surface area (Å²) >= 11 is 0. The van der Waals surface area contributed by atoms with Crippen molar-refractivity contribution in [2.45, 2.75) is 18.9 Å². The van der Waals surface area contributed by atoms with Gasteiger partial charge < -0.3 is 10.1 Å². The number of aromatic nitrogens is 2. The normalized spacial score (nSPS) is 17.8. The zero-order valence-corrected chi connectivity index (χ0v) is 11.2. The maximum Gasteiger partial charge on any atom is 0.122 e. The Kier molecular flexibility index (Phi) is 3.51. The third kappa shape index (κ3) is 2.63. The number of aryl methyl sites for hydroxylation is 1. The third-order valence-electron chi connectivity index (χ3n) is 3.70. The molecule has 0 saturated carbocycles. The van der Waals surface area contributed by atoms with Crippen LogP contribution in [0.3, 0.4) is 0 Å². The van der Waals surface area contributed by atoms with Crippen molar-refractivity contribution in [3.8, 4) is 5.75 Å². The molecular weight excluding hydrogens is 238 g/mol. The van der Waals surface area contributed by atoms with Gasteiger partial charge in [0.25, 0.3) is 0 Å². The third-order valence-corrected chi connectivity index (χ3v) is 3.70. The van der Waals surface area contributed by atoms with Gasteiger partial charge in [0, 0.05) is 32.3 Å². The number of benzene rings is 1. The summed E-state index contributed by atoms with van der Waals surface area (Å²) in [5.74, 6) is 1.58. The number of nitrogens with zero attached hydrogens (tertiary/aromatic N) is 2. The van der Waals surface area contributed by atoms with Crippen LogP contribution < -0.4 is 10.1 Å². The minimum Gasteiger partial charge on any atom is -0.493 e. The monoisotopic (exact) mass is 257 g/mol. The molecule has 1 aromatic heterocycles. The summed E-state index contributed by atoms with van der Waals surface area (Å²) in [5, 5.41) is 7.70. The number of rotatable bonds is 4. The lowest BCUT2D eigenvalue weighted by atomic mass is 9.93. The lowest BCUT2D eigenvalue weighted by molar-refractivity contribution is 0.264. The Morgan fingerprint density at radius 3 is 3.11 bits per heavy atom. The van der Waals surface area contributed by atoms with Gasteiger partial charge in [0.2, 0.25) is 0 Å². The van der Waals surface area contributed by atoms with Crippen molar-refractivity contribution >= 4 is 0 Å². The summed E-state index contributed by atoms with van der Waals surface area (Å²) in [5.41, 5.74) is 2.53. The van der Waals surface area contributed by atoms with E-state index in [0.717, 1.165) is 31.9 Å². The van der Waals surface area contributed by atoms with Gasteiger partial charge in [-0.3, -0.25) is 4.68 Å². The summed E-state index contributed by atoms with van der Waals surface area (Å²) in [6, 6.07) is 10.4. The Labute approximate surface area is 113 Å². The predicted molar refractivity (Wildman–Crippen MR) is 74.2 cm³/mol. The second-order valence-electron chi connectivity index (χ2n) is 4.95. The Hall–Kier alpha value is -1.81. The highest BCUT2D eigenvalue weighted by molar-refractivity contribution is 5.37. The minimum absolute atomic E-state index is 0.540. The second-order valence-corrected chi connectivity index (χ2v) is 4.95. The van der Waals surface area contributed by atoms with Crippen molar-refractivity contribution < 1.29 is 4.74 Å². The van der Waals surface area contributed by atoms with Crippen molar-refractivity contribution in [2.75, 3.05) is 13.2 Å². The van der Waals surface area contributed by atoms with Crippen LogP contribution in [0.15, 0.2) is 36.5 Å². The van der Waals surface area contributed by atoms with Crippen LogP contribution in [-0.2, 0) is 13.6 Å². The van der Waals surface area contributed by atoms with E-state index in [1.54, 1.807) is 0 Å². The number of fused-ring (bicyclic) bond motifs is 1. The molecule has 4 nitrogen and oxygen atoms in total. The van der Waals surface area contributed by atoms with Crippen LogP contribution in [0.4, 0.5) is 0 Å². The smallest absolute Gasteiger partial charge is 0.122 e. The molecule has 19 heavy (non-hydrogen) atoms. The van der Waals surface area contributed by atoms with Crippen LogP contribution in [0.2, 0.25) is 0 Å². The summed E-state index contributed by atoms with van der Waals surface area (Å²) in [6.45, 7) is 2.65. The Morgan fingerprint density at radius 1 is 1.37 bits per heavy atom. The van der Waals surface area contributed by atoms with E-state index in [4.69, 9.17) is 4.74 Å². The van der Waals surface area contributed by atoms with E-state index >= 15 is 0 Å². The molecule has 0 aliphatic carbocycles. The standard InChI is InChI=1S/C15H19N3O/c1-18-13(6-8-17-18)11-16-10-12-7-9-19-15-5-3-2-4-14(12)15/h2-6,8,12,16H,7,9-11H2,1H3. The van der Waals surface area contributed by atoms with Gasteiger partial charge >= 0.3 is 0 Å². The zero-order chi connectivity index (χ0) is 13.1. The maximum atomic E-state index is 5.68. The molecule has 1 aliphatic rings. The van der Waals surface area contributed by atoms with Gasteiger partial charge in [-0.15, -0.1) is 0 Å². The fourth-order valence-electron chi connectivity index (χ4n) is 2.58. The fourth-order valence-corrected chi connectivity index (χ4v) is 2.58. The molecule has 0 amide bonds. The van der Waals surface area contributed by atoms with Gasteiger partial charge in [-0.1, -0.05) is 18.2 Å². The first-order valence-electron chi connectivity index (χ1n) is 6.74. The van der Waals surface area contributed by atoms with E-state index in [1.807, 2.05) is 30.1 Å². The van der Waals surface area contributed by atoms with Crippen LogP contribution in [0.25, 0.3) is 0 Å². The van der Waals surface area contributed by atoms with Crippen molar-refractivity contribution in [3.63, 3.8) is 0 Å². The molecule has 100 valence electrons. The fraction of sp³-hybridized carbons (Fsp3) is 0.400. The molecule has 4 heteroatoms. The van der Waals surface area contributed by atoms with Gasteiger partial charge in [0.15, 0.2) is 0 Å². The van der Waals surface area contributed by atoms with Crippen LogP contribution in [0.1, 0.15) is 23.6 Å². The molecular formula is C15H19N3O. The van der Waals surface area contributed by atoms with E-state index < -0.39 is 0 Å². The SMILES string of the molecule is Cn1nccc1CNCC1CCOc2ccccc21. The first-order valence-corrected chi connectivity index (χ1v) is 6.74. The zero-order valence-electron chi connectivity index (χ0n) is 11.2. The highest BCUT2D eigenvalue weighted by Crippen LogP contribution is 2.32. The second kappa shape index (κ2) is 5.45. The van der Waals surface area contributed by atoms with E-state index in [9.17, 15) is 0 Å². The molecule has 2 aromatic rings. The first kappa shape index (κ1) is 12.2. The Morgan fingerprint density at radius 2 is 2.26 bits per heavy atom. The van der Waals surface area contributed by atoms with E-state index in [0.29, 0.717) is 5.92 Å². The lowest BCUT2D eigenvalue weighted by Crippen LogP contribution is -2.26. The van der Waals surface area contributed by atoms with Crippen molar-refractivity contribution in [2.24, 2.45) is 7.05 Å². The van der Waals surface area contributed by atoms with E-state index in [2.05, 4.69) is 28.6 Å². The van der Waals surface area contributed by atoms with Crippen molar-refractivity contribution in [3.05, 3.63) is 47.8 Å². The molecule has 2 heterocycles. The van der Waals surface area contributed by atoms with Gasteiger partial charge in [-0.25, -0.2) is 0 Å². The number of para-hydroxylation sites is 1. The minimum atomic E-state index is 0.540. The number of ether oxygens (including phenoxy) is 1. The summed E-state index contributed by atoms with van der Waals surface area (Å²) < 4.78 is 7.59. The molecule has 1 aliphatic heterocycles.